The quantitative estimate of drug-likeness (QED) is 0.240. The van der Waals surface area contributed by atoms with Crippen LogP contribution in [0.4, 0.5) is 0 Å². The van der Waals surface area contributed by atoms with Crippen molar-refractivity contribution in [1.82, 2.24) is 41.5 Å². The molecule has 0 saturated carbocycles. The van der Waals surface area contributed by atoms with Gasteiger partial charge >= 0.3 is 0 Å². The Morgan fingerprint density at radius 1 is 1.09 bits per heavy atom. The molecule has 224 valence electrons. The van der Waals surface area contributed by atoms with E-state index in [1.54, 1.807) is 0 Å². The molecule has 43 heavy (non-hydrogen) atoms. The van der Waals surface area contributed by atoms with Crippen LogP contribution in [0.15, 0.2) is 55.3 Å². The molecule has 10 nitrogen and oxygen atoms in total. The Bertz CT molecular complexity index is 1450. The van der Waals surface area contributed by atoms with Gasteiger partial charge in [0, 0.05) is 43.1 Å². The van der Waals surface area contributed by atoms with Gasteiger partial charge < -0.3 is 20.9 Å². The van der Waals surface area contributed by atoms with E-state index in [9.17, 15) is 10.1 Å². The zero-order chi connectivity index (χ0) is 30.4. The number of fused-ring (bicyclic) bond motifs is 2. The number of rotatable bonds is 12. The summed E-state index contributed by atoms with van der Waals surface area (Å²) >= 11 is 0. The van der Waals surface area contributed by atoms with E-state index in [0.29, 0.717) is 37.4 Å². The Labute approximate surface area is 253 Å². The van der Waals surface area contributed by atoms with Gasteiger partial charge in [-0.15, -0.1) is 10.2 Å². The number of carbonyl (C=O) groups is 1. The van der Waals surface area contributed by atoms with Gasteiger partial charge in [0.05, 0.1) is 11.5 Å². The molecule has 2 heterocycles. The summed E-state index contributed by atoms with van der Waals surface area (Å²) in [6, 6.07) is 14.8. The van der Waals surface area contributed by atoms with Crippen LogP contribution in [0.25, 0.3) is 5.70 Å². The molecule has 0 bridgehead atoms. The maximum absolute atomic E-state index is 12.8. The smallest absolute Gasteiger partial charge is 0.251 e. The molecule has 1 amide bonds. The lowest BCUT2D eigenvalue weighted by atomic mass is 9.69. The number of aromatic nitrogens is 4. The van der Waals surface area contributed by atoms with Crippen molar-refractivity contribution in [2.75, 3.05) is 32.7 Å². The lowest BCUT2D eigenvalue weighted by Gasteiger charge is -2.34. The number of H-pyrrole nitrogens is 1. The third kappa shape index (κ3) is 5.90. The highest BCUT2D eigenvalue weighted by Crippen LogP contribution is 2.46. The maximum Gasteiger partial charge on any atom is 0.251 e. The van der Waals surface area contributed by atoms with Gasteiger partial charge in [0.1, 0.15) is 6.04 Å². The topological polar surface area (TPSA) is 135 Å². The van der Waals surface area contributed by atoms with Gasteiger partial charge in [0.2, 0.25) is 0 Å². The minimum absolute atomic E-state index is 0.0841. The molecule has 1 saturated heterocycles. The highest BCUT2D eigenvalue weighted by atomic mass is 16.1. The molecule has 1 aliphatic heterocycles. The summed E-state index contributed by atoms with van der Waals surface area (Å²) in [6.45, 7) is 15.9. The Hall–Kier alpha value is -4.49. The Balaban J connectivity index is 1.55. The molecule has 2 unspecified atom stereocenters. The number of hydrogen-bond donors (Lipinski definition) is 4. The predicted octanol–water partition coefficient (Wildman–Crippen LogP) is 3.44. The highest BCUT2D eigenvalue weighted by Gasteiger charge is 2.44. The molecule has 0 radical (unpaired) electrons. The standard InChI is InChI=1S/C33H41N9O/c1-5-36-23(4)24-11-13-29-25(18-24)9-10-26-19-27(31(43)37-6-2)12-14-30(26)33(29,32-38-40-41-39-32)15-16-35-21-22(3)42-17-7-8-28(42)20-34/h11-14,18-19,28,35-36H,3-10,15-17,21H2,1-2H3,(H,37,43)(H,38,39,40,41). The van der Waals surface area contributed by atoms with E-state index < -0.39 is 5.41 Å². The van der Waals surface area contributed by atoms with Crippen LogP contribution in [-0.4, -0.2) is 70.2 Å². The largest absolute Gasteiger partial charge is 0.385 e. The van der Waals surface area contributed by atoms with E-state index in [4.69, 9.17) is 0 Å². The minimum Gasteiger partial charge on any atom is -0.385 e. The number of carbonyl (C=O) groups excluding carboxylic acids is 1. The van der Waals surface area contributed by atoms with Crippen molar-refractivity contribution in [1.29, 1.82) is 5.26 Å². The maximum atomic E-state index is 12.8. The fourth-order valence-corrected chi connectivity index (χ4v) is 6.61. The van der Waals surface area contributed by atoms with Crippen LogP contribution in [0.5, 0.6) is 0 Å². The third-order valence-electron chi connectivity index (χ3n) is 8.67. The number of benzene rings is 2. The van der Waals surface area contributed by atoms with Crippen LogP contribution in [0.1, 0.15) is 77.1 Å². The van der Waals surface area contributed by atoms with E-state index in [1.807, 2.05) is 19.1 Å². The lowest BCUT2D eigenvalue weighted by Crippen LogP contribution is -2.38. The molecule has 2 aliphatic rings. The molecule has 5 rings (SSSR count). The molecule has 3 aromatic rings. The van der Waals surface area contributed by atoms with Crippen molar-refractivity contribution >= 4 is 11.6 Å². The van der Waals surface area contributed by atoms with Crippen molar-refractivity contribution in [3.05, 3.63) is 94.5 Å². The van der Waals surface area contributed by atoms with Gasteiger partial charge in [0.15, 0.2) is 5.82 Å². The number of nitriles is 1. The second-order valence-electron chi connectivity index (χ2n) is 11.2. The number of tetrazole rings is 1. The van der Waals surface area contributed by atoms with Crippen molar-refractivity contribution in [3.8, 4) is 6.07 Å². The summed E-state index contributed by atoms with van der Waals surface area (Å²) < 4.78 is 0. The van der Waals surface area contributed by atoms with Crippen molar-refractivity contribution in [2.24, 2.45) is 0 Å². The third-order valence-corrected chi connectivity index (χ3v) is 8.67. The SMILES string of the molecule is C=C(NCC)c1ccc2c(c1)CCc1cc(C(=O)NCC)ccc1C2(CCNCC(=C)N1CCCC1C#N)c1nn[nH]n1. The van der Waals surface area contributed by atoms with E-state index in [2.05, 4.69) is 91.9 Å². The van der Waals surface area contributed by atoms with Crippen LogP contribution < -0.4 is 16.0 Å². The summed E-state index contributed by atoms with van der Waals surface area (Å²) in [5.74, 6) is 0.504. The predicted molar refractivity (Wildman–Crippen MR) is 167 cm³/mol. The molecule has 1 aliphatic carbocycles. The normalized spacial score (nSPS) is 19.1. The molecular formula is C33H41N9O. The van der Waals surface area contributed by atoms with Gasteiger partial charge in [0.25, 0.3) is 5.91 Å². The number of nitrogens with zero attached hydrogens (tertiary/aromatic N) is 5. The Morgan fingerprint density at radius 3 is 2.44 bits per heavy atom. The fraction of sp³-hybridized carbons (Fsp3) is 0.424. The van der Waals surface area contributed by atoms with Gasteiger partial charge in [-0.3, -0.25) is 4.79 Å². The lowest BCUT2D eigenvalue weighted by molar-refractivity contribution is 0.0955. The van der Waals surface area contributed by atoms with Crippen molar-refractivity contribution in [2.45, 2.75) is 57.4 Å². The summed E-state index contributed by atoms with van der Waals surface area (Å²) in [4.78, 5) is 14.9. The second-order valence-corrected chi connectivity index (χ2v) is 11.2. The first-order chi connectivity index (χ1) is 20.9. The van der Waals surface area contributed by atoms with Crippen LogP contribution >= 0.6 is 0 Å². The van der Waals surface area contributed by atoms with Crippen LogP contribution in [0, 0.1) is 11.3 Å². The molecule has 0 spiro atoms. The van der Waals surface area contributed by atoms with Crippen molar-refractivity contribution in [3.63, 3.8) is 0 Å². The zero-order valence-electron chi connectivity index (χ0n) is 25.2. The molecule has 10 heteroatoms. The average Bonchev–Trinajstić information content (AvgIpc) is 3.71. The van der Waals surface area contributed by atoms with E-state index in [-0.39, 0.29) is 11.9 Å². The highest BCUT2D eigenvalue weighted by molar-refractivity contribution is 5.94. The Kier molecular flexibility index (Phi) is 9.22. The monoisotopic (exact) mass is 579 g/mol. The fourth-order valence-electron chi connectivity index (χ4n) is 6.61. The van der Waals surface area contributed by atoms with Gasteiger partial charge in [-0.2, -0.15) is 10.5 Å². The molecule has 1 fully saturated rings. The number of hydrogen-bond acceptors (Lipinski definition) is 8. The second kappa shape index (κ2) is 13.2. The van der Waals surface area contributed by atoms with Gasteiger partial charge in [-0.1, -0.05) is 36.6 Å². The summed E-state index contributed by atoms with van der Waals surface area (Å²) in [7, 11) is 0. The molecular weight excluding hydrogens is 538 g/mol. The molecule has 4 N–H and O–H groups in total. The minimum atomic E-state index is -0.719. The summed E-state index contributed by atoms with van der Waals surface area (Å²) in [5.41, 5.74) is 7.25. The number of amides is 1. The number of likely N-dealkylation sites (tertiary alicyclic amines) is 1. The summed E-state index contributed by atoms with van der Waals surface area (Å²) in [6.07, 6.45) is 4.09. The van der Waals surface area contributed by atoms with Crippen LogP contribution in [0.3, 0.4) is 0 Å². The number of aromatic amines is 1. The zero-order valence-corrected chi connectivity index (χ0v) is 25.2. The first-order valence-electron chi connectivity index (χ1n) is 15.2. The van der Waals surface area contributed by atoms with Crippen LogP contribution in [0.2, 0.25) is 0 Å². The van der Waals surface area contributed by atoms with Crippen molar-refractivity contribution < 1.29 is 4.79 Å². The summed E-state index contributed by atoms with van der Waals surface area (Å²) in [5, 5.41) is 35.2. The van der Waals surface area contributed by atoms with Crippen LogP contribution in [-0.2, 0) is 18.3 Å². The van der Waals surface area contributed by atoms with E-state index >= 15 is 0 Å². The van der Waals surface area contributed by atoms with E-state index in [0.717, 1.165) is 72.4 Å². The molecule has 2 aromatic carbocycles. The molecule has 1 aromatic heterocycles. The first kappa shape index (κ1) is 30.0. The first-order valence-corrected chi connectivity index (χ1v) is 15.2. The van der Waals surface area contributed by atoms with Gasteiger partial charge in [-0.05, 0) is 98.5 Å². The number of aryl methyl sites for hydroxylation is 2. The number of nitrogens with one attached hydrogen (secondary N) is 4. The van der Waals surface area contributed by atoms with Gasteiger partial charge in [-0.25, -0.2) is 0 Å². The van der Waals surface area contributed by atoms with E-state index in [1.165, 1.54) is 5.56 Å². The Morgan fingerprint density at radius 2 is 1.79 bits per heavy atom. The molecule has 2 atom stereocenters. The average molecular weight is 580 g/mol.